The van der Waals surface area contributed by atoms with Crippen LogP contribution in [0.25, 0.3) is 0 Å². The van der Waals surface area contributed by atoms with E-state index < -0.39 is 31.9 Å². The second-order valence-corrected chi connectivity index (χ2v) is 8.64. The number of allylic oxidation sites excluding steroid dienone is 2. The van der Waals surface area contributed by atoms with Gasteiger partial charge in [-0.3, -0.25) is 9.59 Å². The average Bonchev–Trinajstić information content (AvgIpc) is 2.68. The number of aliphatic hydroxyl groups excluding tert-OH is 2. The molecular formula is C21H39O5P. The van der Waals surface area contributed by atoms with Crippen molar-refractivity contribution >= 4 is 19.2 Å². The summed E-state index contributed by atoms with van der Waals surface area (Å²) in [5.41, 5.74) is -1.47. The van der Waals surface area contributed by atoms with E-state index in [4.69, 9.17) is 10.2 Å². The molecule has 0 aliphatic heterocycles. The number of rotatable bonds is 19. The molecule has 158 valence electrons. The first-order valence-corrected chi connectivity index (χ1v) is 11.8. The molecule has 0 radical (unpaired) electrons. The van der Waals surface area contributed by atoms with Crippen molar-refractivity contribution in [1.82, 2.24) is 0 Å². The fourth-order valence-corrected chi connectivity index (χ4v) is 3.77. The van der Waals surface area contributed by atoms with Crippen molar-refractivity contribution in [3.63, 3.8) is 0 Å². The van der Waals surface area contributed by atoms with Gasteiger partial charge in [0.15, 0.2) is 13.7 Å². The van der Waals surface area contributed by atoms with E-state index in [1.807, 2.05) is 0 Å². The molecule has 6 heteroatoms. The van der Waals surface area contributed by atoms with Crippen molar-refractivity contribution in [3.05, 3.63) is 12.2 Å². The van der Waals surface area contributed by atoms with E-state index in [1.54, 1.807) is 0 Å². The number of unbranched alkanes of at least 4 members (excludes halogenated alkanes) is 11. The lowest BCUT2D eigenvalue weighted by atomic mass is 10.1. The van der Waals surface area contributed by atoms with Crippen LogP contribution < -0.4 is 0 Å². The predicted molar refractivity (Wildman–Crippen MR) is 112 cm³/mol. The summed E-state index contributed by atoms with van der Waals surface area (Å²) in [4.78, 5) is 32.7. The maximum atomic E-state index is 11.7. The smallest absolute Gasteiger partial charge is 0.219 e. The van der Waals surface area contributed by atoms with Crippen molar-refractivity contribution in [3.8, 4) is 0 Å². The molecule has 0 amide bonds. The Hall–Kier alpha value is -0.610. The second-order valence-electron chi connectivity index (χ2n) is 7.08. The SMILES string of the molecule is CCCCCCCCC=CCCCCCCCC(=O)P(O)C(=O)C(O)CO. The third-order valence-corrected chi connectivity index (χ3v) is 5.97. The van der Waals surface area contributed by atoms with Crippen LogP contribution >= 0.6 is 8.15 Å². The molecule has 5 nitrogen and oxygen atoms in total. The van der Waals surface area contributed by atoms with E-state index in [1.165, 1.54) is 44.9 Å². The first-order chi connectivity index (χ1) is 13.0. The number of aliphatic hydroxyl groups is 2. The Balaban J connectivity index is 3.48. The molecule has 0 heterocycles. The third-order valence-electron chi connectivity index (χ3n) is 4.56. The quantitative estimate of drug-likeness (QED) is 0.164. The molecule has 27 heavy (non-hydrogen) atoms. The highest BCUT2D eigenvalue weighted by molar-refractivity contribution is 7.84. The van der Waals surface area contributed by atoms with Crippen LogP contribution in [0.3, 0.4) is 0 Å². The Morgan fingerprint density at radius 2 is 1.33 bits per heavy atom. The molecule has 0 rings (SSSR count). The Labute approximate surface area is 166 Å². The van der Waals surface area contributed by atoms with Crippen LogP contribution in [0.4, 0.5) is 0 Å². The van der Waals surface area contributed by atoms with E-state index >= 15 is 0 Å². The van der Waals surface area contributed by atoms with Crippen LogP contribution in [0.15, 0.2) is 12.2 Å². The molecule has 0 fully saturated rings. The Morgan fingerprint density at radius 1 is 0.852 bits per heavy atom. The van der Waals surface area contributed by atoms with Crippen molar-refractivity contribution in [1.29, 1.82) is 0 Å². The number of carbonyl (C=O) groups excluding carboxylic acids is 2. The maximum Gasteiger partial charge on any atom is 0.219 e. The maximum absolute atomic E-state index is 11.7. The summed E-state index contributed by atoms with van der Waals surface area (Å²) < 4.78 is 0. The zero-order valence-electron chi connectivity index (χ0n) is 16.9. The number of hydrogen-bond donors (Lipinski definition) is 3. The lowest BCUT2D eigenvalue weighted by Crippen LogP contribution is -2.24. The molecule has 3 N–H and O–H groups in total. The van der Waals surface area contributed by atoms with Gasteiger partial charge in [0, 0.05) is 6.42 Å². The van der Waals surface area contributed by atoms with Crippen LogP contribution in [-0.4, -0.2) is 38.9 Å². The highest BCUT2D eigenvalue weighted by atomic mass is 31.1. The van der Waals surface area contributed by atoms with E-state index in [0.29, 0.717) is 6.42 Å². The molecule has 0 saturated heterocycles. The van der Waals surface area contributed by atoms with E-state index in [2.05, 4.69) is 19.1 Å². The molecule has 2 unspecified atom stereocenters. The van der Waals surface area contributed by atoms with Gasteiger partial charge in [0.05, 0.1) is 6.61 Å². The summed E-state index contributed by atoms with van der Waals surface area (Å²) >= 11 is 0. The van der Waals surface area contributed by atoms with E-state index in [-0.39, 0.29) is 6.42 Å². The molecule has 0 aromatic heterocycles. The minimum atomic E-state index is -2.49. The van der Waals surface area contributed by atoms with Gasteiger partial charge in [-0.2, -0.15) is 0 Å². The second kappa shape index (κ2) is 18.7. The van der Waals surface area contributed by atoms with Gasteiger partial charge in [-0.15, -0.1) is 0 Å². The fourth-order valence-electron chi connectivity index (χ4n) is 2.80. The molecular weight excluding hydrogens is 363 g/mol. The van der Waals surface area contributed by atoms with Gasteiger partial charge in [-0.1, -0.05) is 70.4 Å². The predicted octanol–water partition coefficient (Wildman–Crippen LogP) is 4.82. The summed E-state index contributed by atoms with van der Waals surface area (Å²) in [6, 6.07) is 0. The normalized spacial score (nSPS) is 13.8. The van der Waals surface area contributed by atoms with Crippen molar-refractivity contribution < 1.29 is 24.7 Å². The lowest BCUT2D eigenvalue weighted by molar-refractivity contribution is -0.122. The van der Waals surface area contributed by atoms with Gasteiger partial charge in [-0.05, 0) is 32.1 Å². The van der Waals surface area contributed by atoms with E-state index in [0.717, 1.165) is 32.1 Å². The summed E-state index contributed by atoms with van der Waals surface area (Å²) in [6.07, 6.45) is 18.2. The molecule has 0 spiro atoms. The van der Waals surface area contributed by atoms with Gasteiger partial charge >= 0.3 is 0 Å². The molecule has 0 aliphatic rings. The Bertz CT molecular complexity index is 411. The summed E-state index contributed by atoms with van der Waals surface area (Å²) in [5, 5.41) is 17.8. The zero-order valence-corrected chi connectivity index (χ0v) is 17.8. The monoisotopic (exact) mass is 402 g/mol. The summed E-state index contributed by atoms with van der Waals surface area (Å²) in [5.74, 6) is 0. The first kappa shape index (κ1) is 26.4. The van der Waals surface area contributed by atoms with Crippen LogP contribution in [0.2, 0.25) is 0 Å². The summed E-state index contributed by atoms with van der Waals surface area (Å²) in [6.45, 7) is 1.47. The molecule has 0 bridgehead atoms. The molecule has 0 aromatic carbocycles. The highest BCUT2D eigenvalue weighted by Crippen LogP contribution is 2.35. The molecule has 0 saturated carbocycles. The highest BCUT2D eigenvalue weighted by Gasteiger charge is 2.28. The zero-order chi connectivity index (χ0) is 20.3. The standard InChI is InChI=1S/C21H39O5P/c1-2-3-4-5-6-7-8-9-10-11-12-13-14-15-16-17-20(24)27(26)21(25)19(23)18-22/h9-10,19,22-23,26H,2-8,11-18H2,1H3. The topological polar surface area (TPSA) is 94.8 Å². The van der Waals surface area contributed by atoms with Gasteiger partial charge < -0.3 is 15.1 Å². The van der Waals surface area contributed by atoms with Crippen LogP contribution in [0, 0.1) is 0 Å². The van der Waals surface area contributed by atoms with Crippen molar-refractivity contribution in [2.24, 2.45) is 0 Å². The minimum absolute atomic E-state index is 0.157. The summed E-state index contributed by atoms with van der Waals surface area (Å²) in [7, 11) is -2.49. The first-order valence-electron chi connectivity index (χ1n) is 10.5. The molecule has 0 aromatic rings. The minimum Gasteiger partial charge on any atom is -0.393 e. The molecule has 0 aliphatic carbocycles. The molecule has 2 atom stereocenters. The van der Waals surface area contributed by atoms with Gasteiger partial charge in [0.2, 0.25) is 5.52 Å². The van der Waals surface area contributed by atoms with Crippen LogP contribution in [0.5, 0.6) is 0 Å². The van der Waals surface area contributed by atoms with Crippen LogP contribution in [-0.2, 0) is 9.59 Å². The van der Waals surface area contributed by atoms with E-state index in [9.17, 15) is 14.5 Å². The number of hydrogen-bond acceptors (Lipinski definition) is 5. The van der Waals surface area contributed by atoms with Gasteiger partial charge in [0.25, 0.3) is 0 Å². The average molecular weight is 403 g/mol. The van der Waals surface area contributed by atoms with Crippen molar-refractivity contribution in [2.75, 3.05) is 6.61 Å². The Kier molecular flexibility index (Phi) is 18.3. The number of carbonyl (C=O) groups is 2. The Morgan fingerprint density at radius 3 is 1.85 bits per heavy atom. The largest absolute Gasteiger partial charge is 0.393 e. The van der Waals surface area contributed by atoms with Gasteiger partial charge in [0.1, 0.15) is 6.10 Å². The van der Waals surface area contributed by atoms with Crippen LogP contribution in [0.1, 0.15) is 96.8 Å². The fraction of sp³-hybridized carbons (Fsp3) is 0.810. The van der Waals surface area contributed by atoms with Gasteiger partial charge in [-0.25, -0.2) is 0 Å². The van der Waals surface area contributed by atoms with Crippen molar-refractivity contribution in [2.45, 2.75) is 103 Å². The lowest BCUT2D eigenvalue weighted by Gasteiger charge is -2.11. The third kappa shape index (κ3) is 15.0.